The van der Waals surface area contributed by atoms with E-state index < -0.39 is 0 Å². The summed E-state index contributed by atoms with van der Waals surface area (Å²) in [7, 11) is 0. The quantitative estimate of drug-likeness (QED) is 0.676. The molecule has 6 rings (SSSR count). The molecule has 0 spiro atoms. The Morgan fingerprint density at radius 3 is 1.75 bits per heavy atom. The zero-order valence-corrected chi connectivity index (χ0v) is 15.8. The van der Waals surface area contributed by atoms with Crippen LogP contribution in [0.4, 0.5) is 11.4 Å². The molecule has 1 fully saturated rings. The summed E-state index contributed by atoms with van der Waals surface area (Å²) in [6.07, 6.45) is 12.7. The highest BCUT2D eigenvalue weighted by molar-refractivity contribution is 5.57. The van der Waals surface area contributed by atoms with Crippen molar-refractivity contribution in [3.8, 4) is 11.5 Å². The van der Waals surface area contributed by atoms with Crippen LogP contribution < -0.4 is 14.5 Å². The van der Waals surface area contributed by atoms with Crippen LogP contribution >= 0.6 is 0 Å². The van der Waals surface area contributed by atoms with Crippen molar-refractivity contribution in [1.29, 1.82) is 0 Å². The monoisotopic (exact) mass is 372 g/mol. The van der Waals surface area contributed by atoms with Crippen molar-refractivity contribution in [2.24, 2.45) is 0 Å². The first-order chi connectivity index (χ1) is 13.8. The molecule has 1 saturated carbocycles. The Kier molecular flexibility index (Phi) is 3.54. The molecule has 142 valence electrons. The first-order valence-electron chi connectivity index (χ1n) is 10.1. The van der Waals surface area contributed by atoms with Crippen LogP contribution in [-0.4, -0.2) is 35.2 Å². The van der Waals surface area contributed by atoms with Crippen LogP contribution in [0.5, 0.6) is 11.5 Å². The lowest BCUT2D eigenvalue weighted by molar-refractivity contribution is 0.181. The second-order valence-electron chi connectivity index (χ2n) is 8.01. The third kappa shape index (κ3) is 2.61. The summed E-state index contributed by atoms with van der Waals surface area (Å²) in [6.45, 7) is 1.80. The van der Waals surface area contributed by atoms with E-state index in [-0.39, 0.29) is 0 Å². The third-order valence-corrected chi connectivity index (χ3v) is 6.34. The zero-order chi connectivity index (χ0) is 18.5. The molecule has 8 bridgehead atoms. The highest BCUT2D eigenvalue weighted by Gasteiger charge is 2.37. The molecule has 2 atom stereocenters. The molecule has 3 aliphatic heterocycles. The molecule has 5 nitrogen and oxygen atoms in total. The molecule has 1 aliphatic carbocycles. The van der Waals surface area contributed by atoms with Gasteiger partial charge in [-0.15, -0.1) is 0 Å². The van der Waals surface area contributed by atoms with E-state index in [2.05, 4.69) is 80.8 Å². The maximum atomic E-state index is 6.19. The number of hydrogen-bond donors (Lipinski definition) is 0. The molecule has 0 N–H and O–H groups in total. The van der Waals surface area contributed by atoms with Gasteiger partial charge in [0.1, 0.15) is 11.5 Å². The molecule has 2 aromatic rings. The summed E-state index contributed by atoms with van der Waals surface area (Å²) < 4.78 is 6.19. The van der Waals surface area contributed by atoms with Crippen molar-refractivity contribution < 1.29 is 4.74 Å². The summed E-state index contributed by atoms with van der Waals surface area (Å²) in [5.41, 5.74) is 2.34. The summed E-state index contributed by atoms with van der Waals surface area (Å²) >= 11 is 0. The molecule has 3 heterocycles. The van der Waals surface area contributed by atoms with E-state index in [0.29, 0.717) is 12.1 Å². The van der Waals surface area contributed by atoms with E-state index >= 15 is 0 Å². The van der Waals surface area contributed by atoms with Gasteiger partial charge in [0.15, 0.2) is 0 Å². The number of fused-ring (bicyclic) bond motifs is 13. The van der Waals surface area contributed by atoms with Gasteiger partial charge in [0.05, 0.1) is 25.4 Å². The van der Waals surface area contributed by atoms with Crippen molar-refractivity contribution in [1.82, 2.24) is 9.80 Å². The van der Waals surface area contributed by atoms with E-state index in [1.807, 2.05) is 12.1 Å². The van der Waals surface area contributed by atoms with E-state index in [1.165, 1.54) is 30.6 Å². The zero-order valence-electron chi connectivity index (χ0n) is 15.8. The fourth-order valence-corrected chi connectivity index (χ4v) is 4.92. The largest absolute Gasteiger partial charge is 0.457 e. The molecule has 4 aliphatic rings. The maximum Gasteiger partial charge on any atom is 0.129 e. The number of ether oxygens (including phenoxy) is 1. The van der Waals surface area contributed by atoms with Crippen LogP contribution in [-0.2, 0) is 0 Å². The number of anilines is 2. The van der Waals surface area contributed by atoms with Crippen molar-refractivity contribution >= 4 is 11.4 Å². The second kappa shape index (κ2) is 6.23. The van der Waals surface area contributed by atoms with Gasteiger partial charge in [0, 0.05) is 48.3 Å². The van der Waals surface area contributed by atoms with E-state index in [0.717, 1.165) is 24.8 Å². The van der Waals surface area contributed by atoms with Gasteiger partial charge in [-0.1, -0.05) is 12.1 Å². The highest BCUT2D eigenvalue weighted by Crippen LogP contribution is 2.36. The number of benzene rings is 2. The van der Waals surface area contributed by atoms with Crippen LogP contribution in [0.25, 0.3) is 0 Å². The average Bonchev–Trinajstić information content (AvgIpc) is 3.46. The fourth-order valence-electron chi connectivity index (χ4n) is 4.92. The molecule has 2 unspecified atom stereocenters. The van der Waals surface area contributed by atoms with Crippen LogP contribution in [0.3, 0.4) is 0 Å². The van der Waals surface area contributed by atoms with Crippen LogP contribution in [0.1, 0.15) is 19.3 Å². The standard InChI is InChI=1S/C23H24N4O/c1-4-18-14-20(6-1)28-21-7-2-5-19(15-21)25-11-13-27(17-25)23-9-3-8-22(23)26-12-10-24(18)16-26/h1-2,4-7,10-15,22-23H,3,8-9,16-17H2. The molecule has 0 aromatic heterocycles. The SMILES string of the molecule is C1=CN2CN1c1cccc(c1)Oc1cccc(c1)N1C=CN(C1)C1CCCC12. The Hall–Kier alpha value is -3.08. The first-order valence-corrected chi connectivity index (χ1v) is 10.1. The van der Waals surface area contributed by atoms with Gasteiger partial charge in [0.2, 0.25) is 0 Å². The Labute approximate surface area is 165 Å². The van der Waals surface area contributed by atoms with Crippen molar-refractivity contribution in [2.75, 3.05) is 23.1 Å². The minimum atomic E-state index is 0.557. The Balaban J connectivity index is 1.42. The van der Waals surface area contributed by atoms with Gasteiger partial charge < -0.3 is 24.3 Å². The summed E-state index contributed by atoms with van der Waals surface area (Å²) in [4.78, 5) is 9.65. The minimum Gasteiger partial charge on any atom is -0.457 e. The van der Waals surface area contributed by atoms with Gasteiger partial charge in [-0.05, 0) is 43.5 Å². The van der Waals surface area contributed by atoms with Gasteiger partial charge in [0.25, 0.3) is 0 Å². The first kappa shape index (κ1) is 15.9. The van der Waals surface area contributed by atoms with Gasteiger partial charge in [-0.3, -0.25) is 0 Å². The van der Waals surface area contributed by atoms with Gasteiger partial charge >= 0.3 is 0 Å². The Morgan fingerprint density at radius 2 is 1.21 bits per heavy atom. The van der Waals surface area contributed by atoms with E-state index in [9.17, 15) is 0 Å². The molecule has 0 radical (unpaired) electrons. The van der Waals surface area contributed by atoms with Crippen LogP contribution in [0, 0.1) is 0 Å². The lowest BCUT2D eigenvalue weighted by atomic mass is 10.1. The van der Waals surface area contributed by atoms with E-state index in [1.54, 1.807) is 0 Å². The fraction of sp³-hybridized carbons (Fsp3) is 0.304. The molecule has 0 amide bonds. The Morgan fingerprint density at radius 1 is 0.679 bits per heavy atom. The summed E-state index contributed by atoms with van der Waals surface area (Å²) in [6, 6.07) is 17.9. The average molecular weight is 372 g/mol. The molecule has 2 aromatic carbocycles. The van der Waals surface area contributed by atoms with E-state index in [4.69, 9.17) is 4.74 Å². The minimum absolute atomic E-state index is 0.557. The Bertz CT molecular complexity index is 880. The lowest BCUT2D eigenvalue weighted by Gasteiger charge is -2.36. The number of nitrogens with zero attached hydrogens (tertiary/aromatic N) is 4. The molecule has 28 heavy (non-hydrogen) atoms. The molecule has 0 saturated heterocycles. The number of rotatable bonds is 0. The molecular weight excluding hydrogens is 348 g/mol. The molecular formula is C23H24N4O. The van der Waals surface area contributed by atoms with Crippen molar-refractivity contribution in [3.63, 3.8) is 0 Å². The summed E-state index contributed by atoms with van der Waals surface area (Å²) in [5, 5.41) is 0. The van der Waals surface area contributed by atoms with Crippen molar-refractivity contribution in [2.45, 2.75) is 31.3 Å². The topological polar surface area (TPSA) is 22.2 Å². The van der Waals surface area contributed by atoms with Crippen LogP contribution in [0.15, 0.2) is 73.3 Å². The van der Waals surface area contributed by atoms with Crippen LogP contribution in [0.2, 0.25) is 0 Å². The predicted octanol–water partition coefficient (Wildman–Crippen LogP) is 4.52. The third-order valence-electron chi connectivity index (χ3n) is 6.34. The number of hydrogen-bond acceptors (Lipinski definition) is 5. The maximum absolute atomic E-state index is 6.19. The normalized spacial score (nSPS) is 24.9. The second-order valence-corrected chi connectivity index (χ2v) is 8.01. The van der Waals surface area contributed by atoms with Gasteiger partial charge in [-0.25, -0.2) is 0 Å². The van der Waals surface area contributed by atoms with Gasteiger partial charge in [-0.2, -0.15) is 0 Å². The molecule has 5 heteroatoms. The lowest BCUT2D eigenvalue weighted by Crippen LogP contribution is -2.46. The predicted molar refractivity (Wildman–Crippen MR) is 111 cm³/mol. The highest BCUT2D eigenvalue weighted by atomic mass is 16.5. The smallest absolute Gasteiger partial charge is 0.129 e. The summed E-state index contributed by atoms with van der Waals surface area (Å²) in [5.74, 6) is 1.74. The van der Waals surface area contributed by atoms with Crippen molar-refractivity contribution in [3.05, 3.63) is 73.3 Å².